The van der Waals surface area contributed by atoms with Gasteiger partial charge in [0.1, 0.15) is 15.7 Å². The quantitative estimate of drug-likeness (QED) is 0.899. The number of nitrogens with zero attached hydrogens (tertiary/aromatic N) is 2. The maximum Gasteiger partial charge on any atom is 0.147 e. The van der Waals surface area contributed by atoms with Crippen LogP contribution >= 0.6 is 0 Å². The highest BCUT2D eigenvalue weighted by atomic mass is 32.2. The van der Waals surface area contributed by atoms with E-state index in [0.717, 1.165) is 42.8 Å². The number of sulfone groups is 1. The van der Waals surface area contributed by atoms with Crippen molar-refractivity contribution >= 4 is 9.84 Å². The van der Waals surface area contributed by atoms with E-state index in [1.54, 1.807) is 18.3 Å². The van der Waals surface area contributed by atoms with Crippen molar-refractivity contribution in [3.63, 3.8) is 0 Å². The van der Waals surface area contributed by atoms with Crippen molar-refractivity contribution in [3.05, 3.63) is 41.8 Å². The van der Waals surface area contributed by atoms with Gasteiger partial charge in [-0.3, -0.25) is 10.00 Å². The van der Waals surface area contributed by atoms with E-state index in [1.807, 2.05) is 0 Å². The lowest BCUT2D eigenvalue weighted by atomic mass is 9.99. The van der Waals surface area contributed by atoms with Gasteiger partial charge in [-0.1, -0.05) is 0 Å². The zero-order chi connectivity index (χ0) is 17.2. The highest BCUT2D eigenvalue weighted by Gasteiger charge is 2.24. The number of benzene rings is 1. The molecular formula is C17H22FN3O2S. The lowest BCUT2D eigenvalue weighted by Gasteiger charge is -2.32. The maximum absolute atomic E-state index is 13.1. The number of piperidine rings is 1. The Morgan fingerprint density at radius 3 is 2.79 bits per heavy atom. The van der Waals surface area contributed by atoms with E-state index in [0.29, 0.717) is 6.54 Å². The summed E-state index contributed by atoms with van der Waals surface area (Å²) >= 11 is 0. The summed E-state index contributed by atoms with van der Waals surface area (Å²) in [6.45, 7) is 2.44. The summed E-state index contributed by atoms with van der Waals surface area (Å²) in [5.41, 5.74) is 2.83. The van der Waals surface area contributed by atoms with E-state index in [9.17, 15) is 12.8 Å². The highest BCUT2D eigenvalue weighted by molar-refractivity contribution is 7.90. The van der Waals surface area contributed by atoms with Crippen molar-refractivity contribution in [3.8, 4) is 11.3 Å². The summed E-state index contributed by atoms with van der Waals surface area (Å²) in [5, 5.41) is 7.11. The zero-order valence-corrected chi connectivity index (χ0v) is 14.5. The number of likely N-dealkylation sites (tertiary alicyclic amines) is 1. The predicted molar refractivity (Wildman–Crippen MR) is 91.7 cm³/mol. The predicted octanol–water partition coefficient (Wildman–Crippen LogP) is 2.47. The molecule has 1 saturated heterocycles. The van der Waals surface area contributed by atoms with Crippen molar-refractivity contribution in [1.29, 1.82) is 0 Å². The Morgan fingerprint density at radius 2 is 2.08 bits per heavy atom. The molecule has 0 saturated carbocycles. The van der Waals surface area contributed by atoms with Crippen molar-refractivity contribution in [1.82, 2.24) is 15.1 Å². The fraction of sp³-hybridized carbons (Fsp3) is 0.471. The molecule has 1 fully saturated rings. The summed E-state index contributed by atoms with van der Waals surface area (Å²) < 4.78 is 36.1. The van der Waals surface area contributed by atoms with E-state index in [-0.39, 0.29) is 17.5 Å². The molecule has 3 rings (SSSR count). The van der Waals surface area contributed by atoms with Crippen LogP contribution in [0.4, 0.5) is 4.39 Å². The molecule has 0 spiro atoms. The molecule has 1 aliphatic rings. The molecule has 2 aromatic rings. The second kappa shape index (κ2) is 7.03. The minimum Gasteiger partial charge on any atom is -0.299 e. The Kier molecular flexibility index (Phi) is 5.01. The molecule has 0 unspecified atom stereocenters. The minimum atomic E-state index is -2.95. The fourth-order valence-electron chi connectivity index (χ4n) is 3.40. The molecule has 2 heterocycles. The number of hydrogen-bond acceptors (Lipinski definition) is 4. The van der Waals surface area contributed by atoms with Crippen LogP contribution in [0.5, 0.6) is 0 Å². The Bertz CT molecular complexity index is 786. The van der Waals surface area contributed by atoms with Crippen molar-refractivity contribution in [2.75, 3.05) is 25.1 Å². The van der Waals surface area contributed by atoms with Crippen LogP contribution in [0.3, 0.4) is 0 Å². The summed E-state index contributed by atoms with van der Waals surface area (Å²) in [5.74, 6) is 0.175. The van der Waals surface area contributed by atoms with Gasteiger partial charge in [-0.25, -0.2) is 12.8 Å². The average molecular weight is 351 g/mol. The van der Waals surface area contributed by atoms with Gasteiger partial charge < -0.3 is 0 Å². The molecule has 7 heteroatoms. The van der Waals surface area contributed by atoms with Crippen LogP contribution in [0, 0.1) is 11.7 Å². The van der Waals surface area contributed by atoms with Crippen molar-refractivity contribution in [2.45, 2.75) is 19.4 Å². The fourth-order valence-corrected chi connectivity index (χ4v) is 4.53. The van der Waals surface area contributed by atoms with Crippen LogP contribution in [0.1, 0.15) is 18.4 Å². The van der Waals surface area contributed by atoms with Crippen LogP contribution in [0.15, 0.2) is 30.5 Å². The number of halogens is 1. The first-order chi connectivity index (χ1) is 11.4. The minimum absolute atomic E-state index is 0.190. The molecule has 0 amide bonds. The number of H-pyrrole nitrogens is 1. The van der Waals surface area contributed by atoms with E-state index >= 15 is 0 Å². The van der Waals surface area contributed by atoms with Crippen LogP contribution < -0.4 is 0 Å². The first-order valence-corrected chi connectivity index (χ1v) is 10.1. The summed E-state index contributed by atoms with van der Waals surface area (Å²) in [6.07, 6.45) is 5.05. The molecule has 0 radical (unpaired) electrons. The Labute approximate surface area is 141 Å². The highest BCUT2D eigenvalue weighted by Crippen LogP contribution is 2.25. The summed E-state index contributed by atoms with van der Waals surface area (Å²) in [4.78, 5) is 2.28. The third-order valence-corrected chi connectivity index (χ3v) is 5.46. The lowest BCUT2D eigenvalue weighted by molar-refractivity contribution is 0.178. The first kappa shape index (κ1) is 17.1. The van der Waals surface area contributed by atoms with Gasteiger partial charge in [0.05, 0.1) is 17.6 Å². The average Bonchev–Trinajstić information content (AvgIpc) is 2.95. The number of hydrogen-bond donors (Lipinski definition) is 1. The molecule has 1 aliphatic heterocycles. The van der Waals surface area contributed by atoms with Gasteiger partial charge in [0.15, 0.2) is 0 Å². The normalized spacial score (nSPS) is 19.5. The number of aromatic nitrogens is 2. The van der Waals surface area contributed by atoms with Crippen molar-refractivity contribution < 1.29 is 12.8 Å². The molecule has 0 bridgehead atoms. The van der Waals surface area contributed by atoms with Gasteiger partial charge in [0.2, 0.25) is 0 Å². The molecule has 0 aliphatic carbocycles. The first-order valence-electron chi connectivity index (χ1n) is 8.09. The number of nitrogens with one attached hydrogen (secondary N) is 1. The third-order valence-electron chi connectivity index (χ3n) is 4.39. The largest absolute Gasteiger partial charge is 0.299 e. The van der Waals surface area contributed by atoms with Gasteiger partial charge in [0.25, 0.3) is 0 Å². The molecular weight excluding hydrogens is 329 g/mol. The molecule has 1 atom stereocenters. The van der Waals surface area contributed by atoms with Crippen LogP contribution in [-0.2, 0) is 16.4 Å². The van der Waals surface area contributed by atoms with Crippen LogP contribution in [-0.4, -0.2) is 48.6 Å². The summed E-state index contributed by atoms with van der Waals surface area (Å²) in [6, 6.07) is 6.33. The van der Waals surface area contributed by atoms with Crippen LogP contribution in [0.25, 0.3) is 11.3 Å². The number of aromatic amines is 1. The Hall–Kier alpha value is -1.73. The third kappa shape index (κ3) is 4.42. The monoisotopic (exact) mass is 351 g/mol. The standard InChI is InChI=1S/C17H22FN3O2S/c1-24(22,23)12-13-3-2-8-21(10-13)11-15-9-19-20-17(15)14-4-6-16(18)7-5-14/h4-7,9,13H,2-3,8,10-12H2,1H3,(H,19,20)/t13-/m0/s1. The van der Waals surface area contributed by atoms with Crippen molar-refractivity contribution in [2.24, 2.45) is 5.92 Å². The Balaban J connectivity index is 1.70. The Morgan fingerprint density at radius 1 is 1.33 bits per heavy atom. The second-order valence-corrected chi connectivity index (χ2v) is 8.80. The topological polar surface area (TPSA) is 66.1 Å². The SMILES string of the molecule is CS(=O)(=O)C[C@H]1CCCN(Cc2cn[nH]c2-c2ccc(F)cc2)C1. The van der Waals surface area contributed by atoms with Gasteiger partial charge in [-0.05, 0) is 49.6 Å². The molecule has 1 aromatic carbocycles. The van der Waals surface area contributed by atoms with Gasteiger partial charge >= 0.3 is 0 Å². The van der Waals surface area contributed by atoms with Crippen LogP contribution in [0.2, 0.25) is 0 Å². The van der Waals surface area contributed by atoms with Gasteiger partial charge in [-0.15, -0.1) is 0 Å². The maximum atomic E-state index is 13.1. The summed E-state index contributed by atoms with van der Waals surface area (Å²) in [7, 11) is -2.95. The van der Waals surface area contributed by atoms with Gasteiger partial charge in [0, 0.05) is 30.5 Å². The molecule has 1 N–H and O–H groups in total. The van der Waals surface area contributed by atoms with E-state index in [1.165, 1.54) is 18.4 Å². The molecule has 1 aromatic heterocycles. The number of rotatable bonds is 5. The van der Waals surface area contributed by atoms with E-state index in [4.69, 9.17) is 0 Å². The van der Waals surface area contributed by atoms with Gasteiger partial charge in [-0.2, -0.15) is 5.10 Å². The zero-order valence-electron chi connectivity index (χ0n) is 13.7. The lowest BCUT2D eigenvalue weighted by Crippen LogP contribution is -2.37. The smallest absolute Gasteiger partial charge is 0.147 e. The van der Waals surface area contributed by atoms with E-state index in [2.05, 4.69) is 15.1 Å². The molecule has 24 heavy (non-hydrogen) atoms. The molecule has 5 nitrogen and oxygen atoms in total. The van der Waals surface area contributed by atoms with E-state index < -0.39 is 9.84 Å². The molecule has 130 valence electrons. The second-order valence-electron chi connectivity index (χ2n) is 6.61.